The summed E-state index contributed by atoms with van der Waals surface area (Å²) in [5, 5.41) is 9.08. The van der Waals surface area contributed by atoms with Gasteiger partial charge in [0, 0.05) is 16.8 Å². The Kier molecular flexibility index (Phi) is 5.86. The third kappa shape index (κ3) is 4.46. The van der Waals surface area contributed by atoms with Gasteiger partial charge in [-0.05, 0) is 30.5 Å². The van der Waals surface area contributed by atoms with Gasteiger partial charge in [-0.2, -0.15) is 5.10 Å². The lowest BCUT2D eigenvalue weighted by Gasteiger charge is -2.11. The number of aromatic nitrogens is 5. The minimum absolute atomic E-state index is 0.0260. The number of carbonyl (C=O) groups is 1. The number of thioether (sulfide) groups is 1. The number of hydrogen-bond acceptors (Lipinski definition) is 7. The van der Waals surface area contributed by atoms with Gasteiger partial charge < -0.3 is 5.32 Å². The van der Waals surface area contributed by atoms with Gasteiger partial charge in [0.2, 0.25) is 5.91 Å². The van der Waals surface area contributed by atoms with Crippen LogP contribution in [0.3, 0.4) is 0 Å². The molecule has 3 heterocycles. The Morgan fingerprint density at radius 3 is 2.79 bits per heavy atom. The number of rotatable bonds is 7. The molecule has 148 valence electrons. The van der Waals surface area contributed by atoms with Crippen molar-refractivity contribution in [3.05, 3.63) is 64.8 Å². The Bertz CT molecular complexity index is 1140. The van der Waals surface area contributed by atoms with Gasteiger partial charge in [-0.15, -0.1) is 11.3 Å². The molecule has 0 unspecified atom stereocenters. The fourth-order valence-corrected chi connectivity index (χ4v) is 4.96. The molecule has 1 amide bonds. The highest BCUT2D eigenvalue weighted by Crippen LogP contribution is 2.34. The molecular weight excluding hydrogens is 404 g/mol. The molecule has 3 aromatic heterocycles. The summed E-state index contributed by atoms with van der Waals surface area (Å²) in [6.07, 6.45) is 4.77. The second-order valence-electron chi connectivity index (χ2n) is 6.57. The van der Waals surface area contributed by atoms with Gasteiger partial charge in [-0.1, -0.05) is 36.0 Å². The van der Waals surface area contributed by atoms with Crippen LogP contribution in [0.25, 0.3) is 10.2 Å². The summed E-state index contributed by atoms with van der Waals surface area (Å²) in [7, 11) is 0. The SMILES string of the molecule is Cc1sc2ncnc(SCC(=O)NCc3ccccc3Cn3cncn3)c2c1C. The highest BCUT2D eigenvalue weighted by Gasteiger charge is 2.14. The molecule has 0 aliphatic carbocycles. The van der Waals surface area contributed by atoms with Crippen LogP contribution in [0.5, 0.6) is 0 Å². The molecule has 29 heavy (non-hydrogen) atoms. The predicted molar refractivity (Wildman–Crippen MR) is 115 cm³/mol. The lowest BCUT2D eigenvalue weighted by Crippen LogP contribution is -2.25. The van der Waals surface area contributed by atoms with E-state index in [1.54, 1.807) is 28.7 Å². The van der Waals surface area contributed by atoms with Crippen LogP contribution in [-0.4, -0.2) is 36.4 Å². The topological polar surface area (TPSA) is 85.6 Å². The zero-order valence-electron chi connectivity index (χ0n) is 16.1. The van der Waals surface area contributed by atoms with Crippen LogP contribution in [-0.2, 0) is 17.9 Å². The second kappa shape index (κ2) is 8.71. The number of fused-ring (bicyclic) bond motifs is 1. The molecule has 0 saturated carbocycles. The van der Waals surface area contributed by atoms with E-state index in [9.17, 15) is 4.79 Å². The molecule has 0 aliphatic heterocycles. The van der Waals surface area contributed by atoms with Crippen molar-refractivity contribution in [2.24, 2.45) is 0 Å². The molecule has 0 aliphatic rings. The van der Waals surface area contributed by atoms with Gasteiger partial charge in [0.25, 0.3) is 0 Å². The fraction of sp³-hybridized carbons (Fsp3) is 0.250. The van der Waals surface area contributed by atoms with E-state index in [-0.39, 0.29) is 5.91 Å². The highest BCUT2D eigenvalue weighted by molar-refractivity contribution is 8.00. The first-order valence-corrected chi connectivity index (χ1v) is 10.9. The quantitative estimate of drug-likeness (QED) is 0.362. The fourth-order valence-electron chi connectivity index (χ4n) is 3.01. The first kappa shape index (κ1) is 19.5. The number of nitrogens with zero attached hydrogens (tertiary/aromatic N) is 5. The smallest absolute Gasteiger partial charge is 0.230 e. The van der Waals surface area contributed by atoms with Crippen molar-refractivity contribution in [1.29, 1.82) is 0 Å². The molecule has 4 rings (SSSR count). The van der Waals surface area contributed by atoms with Crippen LogP contribution in [0, 0.1) is 13.8 Å². The van der Waals surface area contributed by atoms with Crippen molar-refractivity contribution >= 4 is 39.2 Å². The van der Waals surface area contributed by atoms with Crippen molar-refractivity contribution < 1.29 is 4.79 Å². The number of thiophene rings is 1. The summed E-state index contributed by atoms with van der Waals surface area (Å²) in [6.45, 7) is 5.25. The normalized spacial score (nSPS) is 11.1. The van der Waals surface area contributed by atoms with Gasteiger partial charge in [0.15, 0.2) is 0 Å². The standard InChI is InChI=1S/C20H20N6OS2/c1-13-14(2)29-20-18(13)19(23-11-24-20)28-9-17(27)22-7-15-5-3-4-6-16(15)8-26-12-21-10-25-26/h3-6,10-12H,7-9H2,1-2H3,(H,22,27). The second-order valence-corrected chi connectivity index (χ2v) is 8.74. The van der Waals surface area contributed by atoms with E-state index in [1.807, 2.05) is 24.3 Å². The number of hydrogen-bond donors (Lipinski definition) is 1. The molecule has 0 radical (unpaired) electrons. The van der Waals surface area contributed by atoms with E-state index in [0.717, 1.165) is 26.4 Å². The minimum Gasteiger partial charge on any atom is -0.351 e. The van der Waals surface area contributed by atoms with Gasteiger partial charge in [-0.3, -0.25) is 4.79 Å². The average Bonchev–Trinajstić information content (AvgIpc) is 3.34. The Balaban J connectivity index is 1.38. The lowest BCUT2D eigenvalue weighted by molar-refractivity contribution is -0.118. The number of aryl methyl sites for hydroxylation is 2. The summed E-state index contributed by atoms with van der Waals surface area (Å²) in [6, 6.07) is 8.02. The van der Waals surface area contributed by atoms with E-state index in [1.165, 1.54) is 28.5 Å². The van der Waals surface area contributed by atoms with Crippen LogP contribution in [0.4, 0.5) is 0 Å². The third-order valence-corrected chi connectivity index (χ3v) is 6.77. The number of nitrogens with one attached hydrogen (secondary N) is 1. The van der Waals surface area contributed by atoms with Crippen LogP contribution in [0.2, 0.25) is 0 Å². The van der Waals surface area contributed by atoms with Crippen molar-refractivity contribution in [1.82, 2.24) is 30.0 Å². The number of amides is 1. The Hall–Kier alpha value is -2.78. The maximum Gasteiger partial charge on any atom is 0.230 e. The summed E-state index contributed by atoms with van der Waals surface area (Å²) >= 11 is 3.11. The van der Waals surface area contributed by atoms with Gasteiger partial charge in [0.05, 0.1) is 12.3 Å². The number of benzene rings is 1. The first-order valence-electron chi connectivity index (χ1n) is 9.11. The van der Waals surface area contributed by atoms with Crippen molar-refractivity contribution in [3.63, 3.8) is 0 Å². The summed E-state index contributed by atoms with van der Waals surface area (Å²) < 4.78 is 1.77. The molecule has 9 heteroatoms. The van der Waals surface area contributed by atoms with E-state index >= 15 is 0 Å². The van der Waals surface area contributed by atoms with Crippen molar-refractivity contribution in [2.75, 3.05) is 5.75 Å². The molecule has 1 N–H and O–H groups in total. The zero-order chi connectivity index (χ0) is 20.2. The molecule has 7 nitrogen and oxygen atoms in total. The largest absolute Gasteiger partial charge is 0.351 e. The van der Waals surface area contributed by atoms with Gasteiger partial charge in [0.1, 0.15) is 28.8 Å². The monoisotopic (exact) mass is 424 g/mol. The van der Waals surface area contributed by atoms with E-state index in [2.05, 4.69) is 39.2 Å². The molecule has 0 saturated heterocycles. The molecule has 0 atom stereocenters. The van der Waals surface area contributed by atoms with Crippen LogP contribution in [0.1, 0.15) is 21.6 Å². The van der Waals surface area contributed by atoms with Crippen molar-refractivity contribution in [3.8, 4) is 0 Å². The first-order chi connectivity index (χ1) is 14.1. The average molecular weight is 425 g/mol. The molecule has 0 bridgehead atoms. The molecular formula is C20H20N6OS2. The van der Waals surface area contributed by atoms with E-state index in [4.69, 9.17) is 0 Å². The molecule has 0 fully saturated rings. The maximum atomic E-state index is 12.4. The van der Waals surface area contributed by atoms with Crippen molar-refractivity contribution in [2.45, 2.75) is 32.0 Å². The zero-order valence-corrected chi connectivity index (χ0v) is 17.8. The molecule has 4 aromatic rings. The minimum atomic E-state index is -0.0260. The van der Waals surface area contributed by atoms with Gasteiger partial charge >= 0.3 is 0 Å². The van der Waals surface area contributed by atoms with E-state index < -0.39 is 0 Å². The van der Waals surface area contributed by atoms with Gasteiger partial charge in [-0.25, -0.2) is 19.6 Å². The summed E-state index contributed by atoms with van der Waals surface area (Å²) in [4.78, 5) is 27.4. The van der Waals surface area contributed by atoms with E-state index in [0.29, 0.717) is 18.8 Å². The lowest BCUT2D eigenvalue weighted by atomic mass is 10.1. The Morgan fingerprint density at radius 2 is 2.00 bits per heavy atom. The predicted octanol–water partition coefficient (Wildman–Crippen LogP) is 3.36. The summed E-state index contributed by atoms with van der Waals surface area (Å²) in [5.74, 6) is 0.285. The number of carbonyl (C=O) groups excluding carboxylic acids is 1. The highest BCUT2D eigenvalue weighted by atomic mass is 32.2. The van der Waals surface area contributed by atoms with Crippen LogP contribution in [0.15, 0.2) is 48.3 Å². The third-order valence-electron chi connectivity index (χ3n) is 4.66. The summed E-state index contributed by atoms with van der Waals surface area (Å²) in [5.41, 5.74) is 3.36. The van der Waals surface area contributed by atoms with Crippen LogP contribution >= 0.6 is 23.1 Å². The Morgan fingerprint density at radius 1 is 1.17 bits per heavy atom. The van der Waals surface area contributed by atoms with Crippen LogP contribution < -0.4 is 5.32 Å². The molecule has 1 aromatic carbocycles. The maximum absolute atomic E-state index is 12.4. The molecule has 0 spiro atoms. The Labute approximate surface area is 176 Å².